The second kappa shape index (κ2) is 10.6. The maximum Gasteiger partial charge on any atom is 0.229 e. The van der Waals surface area contributed by atoms with E-state index in [-0.39, 0.29) is 17.6 Å². The Morgan fingerprint density at radius 2 is 1.82 bits per heavy atom. The van der Waals surface area contributed by atoms with Crippen LogP contribution in [0.1, 0.15) is 56.7 Å². The van der Waals surface area contributed by atoms with Gasteiger partial charge in [-0.2, -0.15) is 5.10 Å². The predicted molar refractivity (Wildman–Crippen MR) is 150 cm³/mol. The number of aromatic nitrogens is 6. The molecule has 4 aromatic rings. The van der Waals surface area contributed by atoms with Gasteiger partial charge in [0.15, 0.2) is 11.5 Å². The second-order valence-corrected chi connectivity index (χ2v) is 11.4. The van der Waals surface area contributed by atoms with Crippen molar-refractivity contribution in [1.29, 1.82) is 0 Å². The molecule has 0 radical (unpaired) electrons. The standard InChI is InChI=1S/C29H36FN9/c1-19(2)26-22-14-21(16-33-27(22)37-38(26)3)25-23(30)17-34-28(36-25)35-24-5-4-20(15-32-24)18-39-12-8-29(9-13-39)6-10-31-11-7-29/h4-5,14-17,19,31H,6-13,18H2,1-3H3,(H,32,34,35,36). The quantitative estimate of drug-likeness (QED) is 0.368. The summed E-state index contributed by atoms with van der Waals surface area (Å²) in [5.41, 5.74) is 4.19. The third-order valence-corrected chi connectivity index (χ3v) is 8.35. The summed E-state index contributed by atoms with van der Waals surface area (Å²) in [6.07, 6.45) is 9.88. The summed E-state index contributed by atoms with van der Waals surface area (Å²) in [6.45, 7) is 9.72. The molecule has 2 aliphatic heterocycles. The number of hydrogen-bond donors (Lipinski definition) is 2. The summed E-state index contributed by atoms with van der Waals surface area (Å²) in [6, 6.07) is 5.92. The fourth-order valence-corrected chi connectivity index (χ4v) is 6.15. The van der Waals surface area contributed by atoms with Crippen LogP contribution in [-0.2, 0) is 13.6 Å². The van der Waals surface area contributed by atoms with Crippen LogP contribution < -0.4 is 10.6 Å². The summed E-state index contributed by atoms with van der Waals surface area (Å²) >= 11 is 0. The van der Waals surface area contributed by atoms with Gasteiger partial charge < -0.3 is 10.6 Å². The van der Waals surface area contributed by atoms with Crippen LogP contribution in [0.4, 0.5) is 16.2 Å². The number of hydrogen-bond acceptors (Lipinski definition) is 8. The summed E-state index contributed by atoms with van der Waals surface area (Å²) in [4.78, 5) is 20.2. The van der Waals surface area contributed by atoms with E-state index in [0.717, 1.165) is 43.8 Å². The van der Waals surface area contributed by atoms with E-state index in [0.29, 0.717) is 22.4 Å². The molecule has 0 aliphatic carbocycles. The van der Waals surface area contributed by atoms with Crippen molar-refractivity contribution in [3.8, 4) is 11.3 Å². The van der Waals surface area contributed by atoms with E-state index in [9.17, 15) is 4.39 Å². The lowest BCUT2D eigenvalue weighted by Gasteiger charge is -2.44. The number of aryl methyl sites for hydroxylation is 1. The summed E-state index contributed by atoms with van der Waals surface area (Å²) in [7, 11) is 1.90. The largest absolute Gasteiger partial charge is 0.317 e. The monoisotopic (exact) mass is 529 g/mol. The van der Waals surface area contributed by atoms with Crippen LogP contribution in [0.2, 0.25) is 0 Å². The summed E-state index contributed by atoms with van der Waals surface area (Å²) < 4.78 is 16.7. The lowest BCUT2D eigenvalue weighted by Crippen LogP contribution is -2.45. The van der Waals surface area contributed by atoms with Crippen LogP contribution in [0.15, 0.2) is 36.8 Å². The van der Waals surface area contributed by atoms with Gasteiger partial charge in [-0.25, -0.2) is 24.3 Å². The number of nitrogens with one attached hydrogen (secondary N) is 2. The first-order valence-corrected chi connectivity index (χ1v) is 13.9. The van der Waals surface area contributed by atoms with E-state index in [1.165, 1.54) is 37.4 Å². The maximum atomic E-state index is 14.8. The van der Waals surface area contributed by atoms with Gasteiger partial charge in [-0.05, 0) is 80.9 Å². The van der Waals surface area contributed by atoms with Crippen molar-refractivity contribution in [1.82, 2.24) is 39.9 Å². The number of anilines is 2. The van der Waals surface area contributed by atoms with Gasteiger partial charge >= 0.3 is 0 Å². The van der Waals surface area contributed by atoms with Crippen molar-refractivity contribution in [2.24, 2.45) is 12.5 Å². The Hall–Kier alpha value is -3.50. The molecule has 0 bridgehead atoms. The topological polar surface area (TPSA) is 96.7 Å². The van der Waals surface area contributed by atoms with E-state index in [1.54, 1.807) is 6.20 Å². The number of piperidine rings is 2. The SMILES string of the molecule is CC(C)c1c2cc(-c3nc(Nc4ccc(CN5CCC6(CCNCC6)CC5)cn4)ncc3F)cnc2nn1C. The fourth-order valence-electron chi connectivity index (χ4n) is 6.15. The molecule has 204 valence electrons. The van der Waals surface area contributed by atoms with Crippen molar-refractivity contribution < 1.29 is 4.39 Å². The van der Waals surface area contributed by atoms with Crippen molar-refractivity contribution in [2.75, 3.05) is 31.5 Å². The minimum absolute atomic E-state index is 0.189. The zero-order valence-electron chi connectivity index (χ0n) is 22.9. The first kappa shape index (κ1) is 25.8. The molecule has 2 aliphatic rings. The molecule has 2 N–H and O–H groups in total. The molecule has 1 spiro atoms. The first-order chi connectivity index (χ1) is 18.9. The average Bonchev–Trinajstić information content (AvgIpc) is 3.28. The second-order valence-electron chi connectivity index (χ2n) is 11.4. The number of rotatable bonds is 6. The lowest BCUT2D eigenvalue weighted by atomic mass is 9.71. The molecule has 39 heavy (non-hydrogen) atoms. The van der Waals surface area contributed by atoms with Crippen molar-refractivity contribution >= 4 is 22.8 Å². The lowest BCUT2D eigenvalue weighted by molar-refractivity contribution is 0.0701. The third kappa shape index (κ3) is 5.35. The van der Waals surface area contributed by atoms with Gasteiger partial charge in [0.2, 0.25) is 5.95 Å². The van der Waals surface area contributed by atoms with Crippen molar-refractivity contribution in [2.45, 2.75) is 52.0 Å². The smallest absolute Gasteiger partial charge is 0.229 e. The molecule has 9 nitrogen and oxygen atoms in total. The normalized spacial score (nSPS) is 17.8. The van der Waals surface area contributed by atoms with E-state index in [2.05, 4.69) is 60.5 Å². The molecule has 0 amide bonds. The molecule has 6 rings (SSSR count). The molecule has 6 heterocycles. The van der Waals surface area contributed by atoms with Crippen LogP contribution in [0.25, 0.3) is 22.3 Å². The van der Waals surface area contributed by atoms with E-state index in [4.69, 9.17) is 0 Å². The Morgan fingerprint density at radius 3 is 2.54 bits per heavy atom. The molecule has 10 heteroatoms. The highest BCUT2D eigenvalue weighted by molar-refractivity contribution is 5.83. The van der Waals surface area contributed by atoms with E-state index >= 15 is 0 Å². The Kier molecular flexibility index (Phi) is 6.99. The minimum Gasteiger partial charge on any atom is -0.317 e. The maximum absolute atomic E-state index is 14.8. The Morgan fingerprint density at radius 1 is 1.03 bits per heavy atom. The molecular weight excluding hydrogens is 493 g/mol. The van der Waals surface area contributed by atoms with E-state index < -0.39 is 5.82 Å². The van der Waals surface area contributed by atoms with Crippen molar-refractivity contribution in [3.05, 3.63) is 53.9 Å². The highest BCUT2D eigenvalue weighted by Crippen LogP contribution is 2.39. The highest BCUT2D eigenvalue weighted by atomic mass is 19.1. The zero-order valence-corrected chi connectivity index (χ0v) is 22.9. The van der Waals surface area contributed by atoms with Gasteiger partial charge in [0.1, 0.15) is 11.5 Å². The van der Waals surface area contributed by atoms with Crippen LogP contribution in [-0.4, -0.2) is 60.8 Å². The number of nitrogens with zero attached hydrogens (tertiary/aromatic N) is 7. The summed E-state index contributed by atoms with van der Waals surface area (Å²) in [5, 5.41) is 12.0. The van der Waals surface area contributed by atoms with Gasteiger partial charge in [-0.1, -0.05) is 19.9 Å². The molecule has 2 fully saturated rings. The number of likely N-dealkylation sites (tertiary alicyclic amines) is 1. The molecule has 4 aromatic heterocycles. The molecule has 0 unspecified atom stereocenters. The van der Waals surface area contributed by atoms with Crippen LogP contribution in [0.5, 0.6) is 0 Å². The zero-order chi connectivity index (χ0) is 27.0. The molecule has 0 saturated carbocycles. The van der Waals surface area contributed by atoms with Crippen molar-refractivity contribution in [3.63, 3.8) is 0 Å². The molecule has 0 atom stereocenters. The molecule has 0 aromatic carbocycles. The predicted octanol–water partition coefficient (Wildman–Crippen LogP) is 4.79. The number of fused-ring (bicyclic) bond motifs is 1. The Labute approximate surface area is 228 Å². The van der Waals surface area contributed by atoms with Crippen LogP contribution in [0.3, 0.4) is 0 Å². The Bertz CT molecular complexity index is 1450. The number of pyridine rings is 2. The average molecular weight is 530 g/mol. The van der Waals surface area contributed by atoms with E-state index in [1.807, 2.05) is 30.1 Å². The Balaban J connectivity index is 1.14. The highest BCUT2D eigenvalue weighted by Gasteiger charge is 2.35. The molecular formula is C29H36FN9. The van der Waals surface area contributed by atoms with Gasteiger partial charge in [0, 0.05) is 36.9 Å². The third-order valence-electron chi connectivity index (χ3n) is 8.35. The summed E-state index contributed by atoms with van der Waals surface area (Å²) in [5.74, 6) is 0.643. The van der Waals surface area contributed by atoms with Crippen LogP contribution in [0, 0.1) is 11.2 Å². The number of halogens is 1. The minimum atomic E-state index is -0.507. The van der Waals surface area contributed by atoms with Gasteiger partial charge in [0.05, 0.1) is 11.9 Å². The van der Waals surface area contributed by atoms with Crippen LogP contribution >= 0.6 is 0 Å². The van der Waals surface area contributed by atoms with Gasteiger partial charge in [-0.3, -0.25) is 9.58 Å². The first-order valence-electron chi connectivity index (χ1n) is 13.9. The van der Waals surface area contributed by atoms with Gasteiger partial charge in [0.25, 0.3) is 0 Å². The fraction of sp³-hybridized carbons (Fsp3) is 0.483. The molecule has 2 saturated heterocycles. The van der Waals surface area contributed by atoms with Gasteiger partial charge in [-0.15, -0.1) is 0 Å².